The van der Waals surface area contributed by atoms with Gasteiger partial charge in [-0.1, -0.05) is 28.1 Å². The van der Waals surface area contributed by atoms with Gasteiger partial charge in [-0.15, -0.1) is 0 Å². The van der Waals surface area contributed by atoms with Crippen LogP contribution in [-0.2, 0) is 11.3 Å². The SMILES string of the molecule is COCc1c([N+](=O)[O-])c(/C=C/c2ccc(-c3ccc(Br)cc3)o2)[nH]c(=O)c1C#N. The Morgan fingerprint density at radius 2 is 2.00 bits per heavy atom. The number of furan rings is 1. The Morgan fingerprint density at radius 3 is 2.62 bits per heavy atom. The highest BCUT2D eigenvalue weighted by molar-refractivity contribution is 9.10. The summed E-state index contributed by atoms with van der Waals surface area (Å²) in [6, 6.07) is 12.7. The molecule has 29 heavy (non-hydrogen) atoms. The van der Waals surface area contributed by atoms with Crippen molar-refractivity contribution in [2.75, 3.05) is 7.11 Å². The first kappa shape index (κ1) is 20.3. The van der Waals surface area contributed by atoms with Crippen LogP contribution in [0, 0.1) is 21.4 Å². The maximum atomic E-state index is 12.2. The fourth-order valence-corrected chi connectivity index (χ4v) is 3.04. The fraction of sp³-hybridized carbons (Fsp3) is 0.100. The summed E-state index contributed by atoms with van der Waals surface area (Å²) in [6.45, 7) is -0.238. The number of halogens is 1. The van der Waals surface area contributed by atoms with Crippen LogP contribution in [0.3, 0.4) is 0 Å². The minimum atomic E-state index is -0.722. The number of aromatic amines is 1. The number of nitrogens with one attached hydrogen (secondary N) is 1. The molecule has 9 heteroatoms. The summed E-state index contributed by atoms with van der Waals surface area (Å²) in [6.07, 6.45) is 2.87. The predicted molar refractivity (Wildman–Crippen MR) is 110 cm³/mol. The Balaban J connectivity index is 2.01. The molecule has 146 valence electrons. The van der Waals surface area contributed by atoms with Crippen molar-refractivity contribution in [3.05, 3.63) is 83.9 Å². The van der Waals surface area contributed by atoms with E-state index in [1.807, 2.05) is 24.3 Å². The van der Waals surface area contributed by atoms with Crippen molar-refractivity contribution in [3.63, 3.8) is 0 Å². The van der Waals surface area contributed by atoms with Crippen LogP contribution in [-0.4, -0.2) is 17.0 Å². The topological polar surface area (TPSA) is 122 Å². The third-order valence-electron chi connectivity index (χ3n) is 4.07. The average molecular weight is 456 g/mol. The lowest BCUT2D eigenvalue weighted by molar-refractivity contribution is -0.386. The predicted octanol–water partition coefficient (Wildman–Crippen LogP) is 4.49. The van der Waals surface area contributed by atoms with Gasteiger partial charge in [0.05, 0.1) is 17.1 Å². The Hall–Kier alpha value is -3.48. The second-order valence-corrected chi connectivity index (χ2v) is 6.83. The Bertz CT molecular complexity index is 1190. The third-order valence-corrected chi connectivity index (χ3v) is 4.60. The summed E-state index contributed by atoms with van der Waals surface area (Å²) in [7, 11) is 1.33. The average Bonchev–Trinajstić information content (AvgIpc) is 3.16. The molecular formula is C20H14BrN3O5. The first-order valence-electron chi connectivity index (χ1n) is 8.31. The summed E-state index contributed by atoms with van der Waals surface area (Å²) < 4.78 is 11.6. The molecule has 1 aromatic carbocycles. The van der Waals surface area contributed by atoms with E-state index < -0.39 is 10.5 Å². The van der Waals surface area contributed by atoms with Crippen molar-refractivity contribution in [2.24, 2.45) is 0 Å². The number of pyridine rings is 1. The molecule has 0 fully saturated rings. The van der Waals surface area contributed by atoms with E-state index >= 15 is 0 Å². The number of hydrogen-bond donors (Lipinski definition) is 1. The number of methoxy groups -OCH3 is 1. The van der Waals surface area contributed by atoms with E-state index in [4.69, 9.17) is 9.15 Å². The van der Waals surface area contributed by atoms with E-state index in [1.54, 1.807) is 18.2 Å². The van der Waals surface area contributed by atoms with Crippen molar-refractivity contribution in [2.45, 2.75) is 6.61 Å². The number of nitriles is 1. The van der Waals surface area contributed by atoms with Gasteiger partial charge in [0.25, 0.3) is 11.2 Å². The van der Waals surface area contributed by atoms with Crippen molar-refractivity contribution >= 4 is 33.8 Å². The largest absolute Gasteiger partial charge is 0.457 e. The lowest BCUT2D eigenvalue weighted by Gasteiger charge is -2.06. The zero-order valence-electron chi connectivity index (χ0n) is 15.1. The highest BCUT2D eigenvalue weighted by atomic mass is 79.9. The summed E-state index contributed by atoms with van der Waals surface area (Å²) in [5.41, 5.74) is -0.705. The molecule has 0 atom stereocenters. The smallest absolute Gasteiger partial charge is 0.299 e. The summed E-state index contributed by atoms with van der Waals surface area (Å²) in [4.78, 5) is 25.5. The van der Waals surface area contributed by atoms with Crippen molar-refractivity contribution in [3.8, 4) is 17.4 Å². The quantitative estimate of drug-likeness (QED) is 0.431. The van der Waals surface area contributed by atoms with Crippen LogP contribution in [0.25, 0.3) is 23.5 Å². The molecule has 0 aliphatic rings. The van der Waals surface area contributed by atoms with Gasteiger partial charge < -0.3 is 14.1 Å². The molecule has 0 bridgehead atoms. The van der Waals surface area contributed by atoms with Crippen molar-refractivity contribution < 1.29 is 14.1 Å². The lowest BCUT2D eigenvalue weighted by Crippen LogP contribution is -2.18. The Morgan fingerprint density at radius 1 is 1.28 bits per heavy atom. The molecule has 8 nitrogen and oxygen atoms in total. The normalized spacial score (nSPS) is 10.9. The molecule has 3 aromatic rings. The van der Waals surface area contributed by atoms with Crippen LogP contribution in [0.15, 0.2) is 50.1 Å². The van der Waals surface area contributed by atoms with Crippen LogP contribution >= 0.6 is 15.9 Å². The number of ether oxygens (including phenoxy) is 1. The molecule has 3 rings (SSSR count). The van der Waals surface area contributed by atoms with E-state index in [9.17, 15) is 20.2 Å². The van der Waals surface area contributed by atoms with Gasteiger partial charge in [-0.2, -0.15) is 5.26 Å². The molecule has 0 spiro atoms. The summed E-state index contributed by atoms with van der Waals surface area (Å²) in [5, 5.41) is 20.8. The number of nitro groups is 1. The minimum absolute atomic E-state index is 0.0485. The van der Waals surface area contributed by atoms with Gasteiger partial charge in [0.1, 0.15) is 28.8 Å². The van der Waals surface area contributed by atoms with Gasteiger partial charge in [0.15, 0.2) is 0 Å². The first-order valence-corrected chi connectivity index (χ1v) is 9.10. The summed E-state index contributed by atoms with van der Waals surface area (Å²) >= 11 is 3.37. The van der Waals surface area contributed by atoms with Crippen LogP contribution < -0.4 is 5.56 Å². The van der Waals surface area contributed by atoms with E-state index in [1.165, 1.54) is 19.3 Å². The molecule has 0 radical (unpaired) electrons. The van der Waals surface area contributed by atoms with Gasteiger partial charge in [-0.25, -0.2) is 0 Å². The number of benzene rings is 1. The number of rotatable bonds is 6. The van der Waals surface area contributed by atoms with E-state index in [0.29, 0.717) is 11.5 Å². The Labute approximate surface area is 173 Å². The van der Waals surface area contributed by atoms with Gasteiger partial charge in [0.2, 0.25) is 0 Å². The van der Waals surface area contributed by atoms with Crippen LogP contribution in [0.4, 0.5) is 5.69 Å². The lowest BCUT2D eigenvalue weighted by atomic mass is 10.1. The zero-order valence-corrected chi connectivity index (χ0v) is 16.7. The van der Waals surface area contributed by atoms with E-state index in [-0.39, 0.29) is 29.1 Å². The maximum Gasteiger partial charge on any atom is 0.299 e. The molecule has 2 heterocycles. The summed E-state index contributed by atoms with van der Waals surface area (Å²) in [5.74, 6) is 1.07. The van der Waals surface area contributed by atoms with Gasteiger partial charge in [-0.3, -0.25) is 14.9 Å². The van der Waals surface area contributed by atoms with Crippen LogP contribution in [0.5, 0.6) is 0 Å². The number of nitrogens with zero attached hydrogens (tertiary/aromatic N) is 2. The molecule has 0 saturated heterocycles. The first-order chi connectivity index (χ1) is 13.9. The molecule has 0 amide bonds. The number of aromatic nitrogens is 1. The molecule has 0 saturated carbocycles. The van der Waals surface area contributed by atoms with Crippen LogP contribution in [0.1, 0.15) is 22.6 Å². The third kappa shape index (κ3) is 4.34. The van der Waals surface area contributed by atoms with Crippen LogP contribution in [0.2, 0.25) is 0 Å². The number of hydrogen-bond acceptors (Lipinski definition) is 6. The zero-order chi connectivity index (χ0) is 21.0. The molecule has 2 aromatic heterocycles. The van der Waals surface area contributed by atoms with E-state index in [0.717, 1.165) is 10.0 Å². The minimum Gasteiger partial charge on any atom is -0.457 e. The van der Waals surface area contributed by atoms with Gasteiger partial charge in [0, 0.05) is 17.1 Å². The van der Waals surface area contributed by atoms with E-state index in [2.05, 4.69) is 20.9 Å². The van der Waals surface area contributed by atoms with Crippen molar-refractivity contribution in [1.29, 1.82) is 5.26 Å². The molecule has 0 unspecified atom stereocenters. The standard InChI is InChI=1S/C20H14BrN3O5/c1-28-11-16-15(10-22)20(25)23-17(19(16)24(26)27)8-6-14-7-9-18(29-14)12-2-4-13(21)5-3-12/h2-9H,11H2,1H3,(H,23,25)/b8-6+. The second-order valence-electron chi connectivity index (χ2n) is 5.91. The molecule has 1 N–H and O–H groups in total. The number of H-pyrrole nitrogens is 1. The van der Waals surface area contributed by atoms with Gasteiger partial charge >= 0.3 is 0 Å². The maximum absolute atomic E-state index is 12.2. The Kier molecular flexibility index (Phi) is 6.07. The molecule has 0 aliphatic carbocycles. The van der Waals surface area contributed by atoms with Gasteiger partial charge in [-0.05, 0) is 36.4 Å². The highest BCUT2D eigenvalue weighted by Crippen LogP contribution is 2.27. The highest BCUT2D eigenvalue weighted by Gasteiger charge is 2.25. The molecule has 0 aliphatic heterocycles. The second kappa shape index (κ2) is 8.68. The monoisotopic (exact) mass is 455 g/mol. The van der Waals surface area contributed by atoms with Crippen molar-refractivity contribution in [1.82, 2.24) is 4.98 Å². The molecular weight excluding hydrogens is 442 g/mol. The fourth-order valence-electron chi connectivity index (χ4n) is 2.77.